The molecule has 2 amide bonds. The van der Waals surface area contributed by atoms with Crippen molar-refractivity contribution in [1.29, 1.82) is 0 Å². The fraction of sp³-hybridized carbons (Fsp3) is 0.724. The first kappa shape index (κ1) is 31.0. The summed E-state index contributed by atoms with van der Waals surface area (Å²) in [5.41, 5.74) is 14.0. The molecule has 1 rings (SSSR count). The molecule has 0 saturated carbocycles. The van der Waals surface area contributed by atoms with Gasteiger partial charge in [0.05, 0.1) is 0 Å². The number of carbonyl (C=O) groups excluding carboxylic acids is 2. The smallest absolute Gasteiger partial charge is 0.255 e. The van der Waals surface area contributed by atoms with E-state index in [9.17, 15) is 9.59 Å². The van der Waals surface area contributed by atoms with Gasteiger partial charge in [0.25, 0.3) is 5.91 Å². The van der Waals surface area contributed by atoms with Gasteiger partial charge in [-0.2, -0.15) is 0 Å². The largest absolute Gasteiger partial charge is 0.483 e. The number of carbonyl (C=O) groups is 2. The lowest BCUT2D eigenvalue weighted by atomic mass is 9.78. The molecule has 1 aromatic carbocycles. The van der Waals surface area contributed by atoms with Gasteiger partial charge in [-0.3, -0.25) is 9.59 Å². The summed E-state index contributed by atoms with van der Waals surface area (Å²) in [7, 11) is 0. The number of amides is 2. The minimum absolute atomic E-state index is 0.0269. The second-order valence-corrected chi connectivity index (χ2v) is 11.7. The average Bonchev–Trinajstić information content (AvgIpc) is 2.76. The number of hydrogen-bond acceptors (Lipinski definition) is 4. The molecule has 0 fully saturated rings. The molecule has 6 nitrogen and oxygen atoms in total. The summed E-state index contributed by atoms with van der Waals surface area (Å²) < 4.78 is 5.80. The van der Waals surface area contributed by atoms with E-state index < -0.39 is 5.91 Å². The van der Waals surface area contributed by atoms with Crippen molar-refractivity contribution in [3.05, 3.63) is 29.3 Å². The van der Waals surface area contributed by atoms with E-state index in [0.29, 0.717) is 24.2 Å². The normalized spacial score (nSPS) is 15.4. The van der Waals surface area contributed by atoms with E-state index in [1.807, 2.05) is 6.92 Å². The summed E-state index contributed by atoms with van der Waals surface area (Å²) in [6.45, 7) is 17.8. The molecule has 200 valence electrons. The number of ether oxygens (including phenoxy) is 1. The topological polar surface area (TPSA) is 107 Å². The third-order valence-electron chi connectivity index (χ3n) is 6.97. The molecule has 0 aliphatic rings. The van der Waals surface area contributed by atoms with Crippen LogP contribution in [0.25, 0.3) is 0 Å². The van der Waals surface area contributed by atoms with Gasteiger partial charge < -0.3 is 21.5 Å². The molecule has 0 aromatic heterocycles. The second kappa shape index (κ2) is 14.5. The Kier molecular flexibility index (Phi) is 12.8. The molecule has 0 aliphatic carbocycles. The minimum atomic E-state index is -0.480. The number of benzene rings is 1. The maximum atomic E-state index is 12.4. The van der Waals surface area contributed by atoms with Gasteiger partial charge in [0.15, 0.2) is 6.61 Å². The zero-order valence-electron chi connectivity index (χ0n) is 23.4. The lowest BCUT2D eigenvalue weighted by Gasteiger charge is -2.29. The highest BCUT2D eigenvalue weighted by Crippen LogP contribution is 2.34. The lowest BCUT2D eigenvalue weighted by molar-refractivity contribution is -0.125. The Balaban J connectivity index is 2.88. The third-order valence-corrected chi connectivity index (χ3v) is 6.97. The summed E-state index contributed by atoms with van der Waals surface area (Å²) >= 11 is 0. The Morgan fingerprint density at radius 3 is 2.29 bits per heavy atom. The molecule has 1 aromatic rings. The van der Waals surface area contributed by atoms with E-state index in [1.165, 1.54) is 5.56 Å². The number of nitrogens with two attached hydrogens (primary N) is 2. The molecule has 35 heavy (non-hydrogen) atoms. The highest BCUT2D eigenvalue weighted by molar-refractivity contribution is 5.78. The highest BCUT2D eigenvalue weighted by Gasteiger charge is 2.26. The zero-order valence-corrected chi connectivity index (χ0v) is 23.4. The van der Waals surface area contributed by atoms with Crippen LogP contribution in [0.1, 0.15) is 92.2 Å². The van der Waals surface area contributed by atoms with Gasteiger partial charge in [-0.05, 0) is 66.0 Å². The van der Waals surface area contributed by atoms with Crippen LogP contribution in [0.3, 0.4) is 0 Å². The Labute approximate surface area is 213 Å². The monoisotopic (exact) mass is 489 g/mol. The van der Waals surface area contributed by atoms with E-state index >= 15 is 0 Å². The van der Waals surface area contributed by atoms with Crippen molar-refractivity contribution in [2.24, 2.45) is 35.1 Å². The van der Waals surface area contributed by atoms with Crippen LogP contribution in [0.4, 0.5) is 0 Å². The van der Waals surface area contributed by atoms with Crippen molar-refractivity contribution in [1.82, 2.24) is 5.32 Å². The van der Waals surface area contributed by atoms with Gasteiger partial charge in [-0.1, -0.05) is 73.9 Å². The predicted octanol–water partition coefficient (Wildman–Crippen LogP) is 4.96. The first-order valence-electron chi connectivity index (χ1n) is 13.3. The fourth-order valence-corrected chi connectivity index (χ4v) is 4.44. The van der Waals surface area contributed by atoms with Gasteiger partial charge >= 0.3 is 0 Å². The van der Waals surface area contributed by atoms with Crippen molar-refractivity contribution < 1.29 is 14.3 Å². The van der Waals surface area contributed by atoms with Crippen molar-refractivity contribution in [2.45, 2.75) is 99.0 Å². The molecule has 6 heteroatoms. The quantitative estimate of drug-likeness (QED) is 0.303. The van der Waals surface area contributed by atoms with Crippen LogP contribution in [0.15, 0.2) is 18.2 Å². The van der Waals surface area contributed by atoms with E-state index in [1.54, 1.807) is 0 Å². The maximum absolute atomic E-state index is 12.4. The number of unbranched alkanes of at least 4 members (excludes halogenated alkanes) is 1. The molecule has 4 atom stereocenters. The van der Waals surface area contributed by atoms with Crippen molar-refractivity contribution in [3.8, 4) is 5.75 Å². The number of primary amides is 1. The molecule has 0 aliphatic heterocycles. The molecule has 0 radical (unpaired) electrons. The molecule has 0 bridgehead atoms. The standard InChI is InChI=1S/C29H51N3O3/c1-9-10-13-32-28(34)21(5)15-25(30)20(4)14-23(19(2)3)16-22-11-12-24(29(6,7)8)26(17-22)35-18-27(31)33/h11-12,17,19-21,23,25H,9-10,13-16,18,30H2,1-8H3,(H2,31,33)(H,32,34)/t20-,21?,23+,25-/m0/s1. The van der Waals surface area contributed by atoms with E-state index in [4.69, 9.17) is 16.2 Å². The van der Waals surface area contributed by atoms with Crippen LogP contribution < -0.4 is 21.5 Å². The summed E-state index contributed by atoms with van der Waals surface area (Å²) in [4.78, 5) is 23.7. The first-order chi connectivity index (χ1) is 16.3. The Hall–Kier alpha value is -2.08. The van der Waals surface area contributed by atoms with Gasteiger partial charge in [0.2, 0.25) is 5.91 Å². The van der Waals surface area contributed by atoms with Gasteiger partial charge in [0.1, 0.15) is 5.75 Å². The maximum Gasteiger partial charge on any atom is 0.255 e. The summed E-state index contributed by atoms with van der Waals surface area (Å²) in [6, 6.07) is 6.31. The number of rotatable bonds is 15. The van der Waals surface area contributed by atoms with Crippen LogP contribution in [0.5, 0.6) is 5.75 Å². The SMILES string of the molecule is CCCCNC(=O)C(C)C[C@H](N)[C@@H](C)C[C@H](Cc1ccc(C(C)(C)C)c(OCC(N)=O)c1)C(C)C. The van der Waals surface area contributed by atoms with Crippen molar-refractivity contribution >= 4 is 11.8 Å². The number of hydrogen-bond donors (Lipinski definition) is 3. The second-order valence-electron chi connectivity index (χ2n) is 11.7. The fourth-order valence-electron chi connectivity index (χ4n) is 4.44. The lowest BCUT2D eigenvalue weighted by Crippen LogP contribution is -2.37. The first-order valence-corrected chi connectivity index (χ1v) is 13.3. The van der Waals surface area contributed by atoms with Crippen LogP contribution in [0.2, 0.25) is 0 Å². The van der Waals surface area contributed by atoms with E-state index in [0.717, 1.165) is 43.5 Å². The van der Waals surface area contributed by atoms with Crippen LogP contribution in [-0.4, -0.2) is 31.0 Å². The van der Waals surface area contributed by atoms with Crippen LogP contribution in [-0.2, 0) is 21.4 Å². The molecule has 5 N–H and O–H groups in total. The molecule has 0 heterocycles. The van der Waals surface area contributed by atoms with Gasteiger partial charge in [-0.25, -0.2) is 0 Å². The number of nitrogens with one attached hydrogen (secondary N) is 1. The Morgan fingerprint density at radius 2 is 1.74 bits per heavy atom. The van der Waals surface area contributed by atoms with Crippen LogP contribution >= 0.6 is 0 Å². The Bertz CT molecular complexity index is 801. The van der Waals surface area contributed by atoms with Crippen molar-refractivity contribution in [3.63, 3.8) is 0 Å². The molecule has 0 spiro atoms. The molecule has 1 unspecified atom stereocenters. The summed E-state index contributed by atoms with van der Waals surface area (Å²) in [6.07, 6.45) is 4.65. The van der Waals surface area contributed by atoms with E-state index in [-0.39, 0.29) is 29.9 Å². The highest BCUT2D eigenvalue weighted by atomic mass is 16.5. The van der Waals surface area contributed by atoms with E-state index in [2.05, 4.69) is 72.0 Å². The van der Waals surface area contributed by atoms with Crippen LogP contribution in [0, 0.1) is 23.7 Å². The van der Waals surface area contributed by atoms with Gasteiger partial charge in [-0.15, -0.1) is 0 Å². The molecular weight excluding hydrogens is 438 g/mol. The predicted molar refractivity (Wildman–Crippen MR) is 145 cm³/mol. The zero-order chi connectivity index (χ0) is 26.8. The minimum Gasteiger partial charge on any atom is -0.483 e. The van der Waals surface area contributed by atoms with Crippen molar-refractivity contribution in [2.75, 3.05) is 13.2 Å². The average molecular weight is 490 g/mol. The third kappa shape index (κ3) is 11.0. The van der Waals surface area contributed by atoms with Gasteiger partial charge in [0, 0.05) is 18.5 Å². The summed E-state index contributed by atoms with van der Waals surface area (Å²) in [5, 5.41) is 3.02. The molecule has 0 saturated heterocycles. The molecular formula is C29H51N3O3. The Morgan fingerprint density at radius 1 is 1.09 bits per heavy atom. The summed E-state index contributed by atoms with van der Waals surface area (Å²) in [5.74, 6) is 1.48.